The Hall–Kier alpha value is -1.97. The maximum Gasteiger partial charge on any atom is 0.159 e. The van der Waals surface area contributed by atoms with Crippen molar-refractivity contribution in [2.24, 2.45) is 0 Å². The van der Waals surface area contributed by atoms with Gasteiger partial charge in [-0.3, -0.25) is 0 Å². The molecule has 0 saturated heterocycles. The maximum atomic E-state index is 12.9. The highest BCUT2D eigenvalue weighted by atomic mass is 19.2. The van der Waals surface area contributed by atoms with Gasteiger partial charge in [0.25, 0.3) is 0 Å². The SMILES string of the molecule is Oc1ccc(F)cc1-c1ccc(F)c(F)c1. The van der Waals surface area contributed by atoms with Crippen molar-refractivity contribution in [3.05, 3.63) is 53.8 Å². The van der Waals surface area contributed by atoms with E-state index >= 15 is 0 Å². The van der Waals surface area contributed by atoms with Gasteiger partial charge in [-0.25, -0.2) is 13.2 Å². The second kappa shape index (κ2) is 3.89. The van der Waals surface area contributed by atoms with Crippen LogP contribution >= 0.6 is 0 Å². The van der Waals surface area contributed by atoms with Crippen LogP contribution in [0.25, 0.3) is 11.1 Å². The molecule has 0 aromatic heterocycles. The van der Waals surface area contributed by atoms with Gasteiger partial charge in [0.1, 0.15) is 11.6 Å². The summed E-state index contributed by atoms with van der Waals surface area (Å²) in [7, 11) is 0. The lowest BCUT2D eigenvalue weighted by molar-refractivity contribution is 0.475. The summed E-state index contributed by atoms with van der Waals surface area (Å²) in [5.41, 5.74) is 0.342. The predicted octanol–water partition coefficient (Wildman–Crippen LogP) is 3.48. The van der Waals surface area contributed by atoms with Gasteiger partial charge < -0.3 is 5.11 Å². The van der Waals surface area contributed by atoms with Crippen molar-refractivity contribution in [3.63, 3.8) is 0 Å². The Morgan fingerprint density at radius 1 is 0.812 bits per heavy atom. The van der Waals surface area contributed by atoms with Crippen LogP contribution in [0.15, 0.2) is 36.4 Å². The van der Waals surface area contributed by atoms with Gasteiger partial charge in [0.05, 0.1) is 0 Å². The van der Waals surface area contributed by atoms with Crippen molar-refractivity contribution < 1.29 is 18.3 Å². The fourth-order valence-electron chi connectivity index (χ4n) is 1.40. The Bertz CT molecular complexity index is 538. The molecule has 0 heterocycles. The Kier molecular flexibility index (Phi) is 2.56. The van der Waals surface area contributed by atoms with E-state index in [4.69, 9.17) is 0 Å². The second-order valence-corrected chi connectivity index (χ2v) is 3.29. The van der Waals surface area contributed by atoms with E-state index in [1.807, 2.05) is 0 Å². The fraction of sp³-hybridized carbons (Fsp3) is 0. The summed E-state index contributed by atoms with van der Waals surface area (Å²) < 4.78 is 38.6. The van der Waals surface area contributed by atoms with Crippen molar-refractivity contribution in [2.75, 3.05) is 0 Å². The van der Waals surface area contributed by atoms with Gasteiger partial charge in [-0.1, -0.05) is 6.07 Å². The number of phenols is 1. The number of hydrogen-bond acceptors (Lipinski definition) is 1. The first-order chi connectivity index (χ1) is 7.58. The van der Waals surface area contributed by atoms with Crippen molar-refractivity contribution in [1.82, 2.24) is 0 Å². The van der Waals surface area contributed by atoms with Crippen LogP contribution in [0.5, 0.6) is 5.75 Å². The molecule has 0 unspecified atom stereocenters. The zero-order valence-electron chi connectivity index (χ0n) is 8.05. The Labute approximate surface area is 89.8 Å². The molecule has 0 spiro atoms. The Morgan fingerprint density at radius 2 is 1.56 bits per heavy atom. The summed E-state index contributed by atoms with van der Waals surface area (Å²) in [6.07, 6.45) is 0. The van der Waals surface area contributed by atoms with E-state index < -0.39 is 17.5 Å². The monoisotopic (exact) mass is 224 g/mol. The Morgan fingerprint density at radius 3 is 2.25 bits per heavy atom. The van der Waals surface area contributed by atoms with Crippen molar-refractivity contribution in [3.8, 4) is 16.9 Å². The average Bonchev–Trinajstić information content (AvgIpc) is 2.26. The highest BCUT2D eigenvalue weighted by Gasteiger charge is 2.09. The molecule has 2 aromatic rings. The second-order valence-electron chi connectivity index (χ2n) is 3.29. The van der Waals surface area contributed by atoms with E-state index in [1.54, 1.807) is 0 Å². The van der Waals surface area contributed by atoms with Gasteiger partial charge in [-0.05, 0) is 35.9 Å². The first-order valence-corrected chi connectivity index (χ1v) is 4.52. The molecular weight excluding hydrogens is 217 g/mol. The first-order valence-electron chi connectivity index (χ1n) is 4.52. The molecular formula is C12H7F3O. The van der Waals surface area contributed by atoms with E-state index in [1.165, 1.54) is 6.07 Å². The van der Waals surface area contributed by atoms with Gasteiger partial charge in [0.2, 0.25) is 0 Å². The van der Waals surface area contributed by atoms with Gasteiger partial charge in [-0.15, -0.1) is 0 Å². The lowest BCUT2D eigenvalue weighted by atomic mass is 10.0. The lowest BCUT2D eigenvalue weighted by Gasteiger charge is -2.05. The number of rotatable bonds is 1. The molecule has 0 fully saturated rings. The molecule has 16 heavy (non-hydrogen) atoms. The molecule has 1 N–H and O–H groups in total. The highest BCUT2D eigenvalue weighted by molar-refractivity contribution is 5.70. The van der Waals surface area contributed by atoms with Crippen LogP contribution in [-0.2, 0) is 0 Å². The summed E-state index contributed by atoms with van der Waals surface area (Å²) in [5, 5.41) is 9.47. The average molecular weight is 224 g/mol. The number of halogens is 3. The summed E-state index contributed by atoms with van der Waals surface area (Å²) in [4.78, 5) is 0. The summed E-state index contributed by atoms with van der Waals surface area (Å²) in [6, 6.07) is 6.40. The third kappa shape index (κ3) is 1.86. The van der Waals surface area contributed by atoms with Crippen LogP contribution in [0, 0.1) is 17.5 Å². The molecule has 82 valence electrons. The predicted molar refractivity (Wildman–Crippen MR) is 53.4 cm³/mol. The third-order valence-corrected chi connectivity index (χ3v) is 2.19. The molecule has 0 saturated carbocycles. The Balaban J connectivity index is 2.58. The van der Waals surface area contributed by atoms with Crippen LogP contribution in [0.3, 0.4) is 0 Å². The van der Waals surface area contributed by atoms with Gasteiger partial charge >= 0.3 is 0 Å². The molecule has 0 bridgehead atoms. The van der Waals surface area contributed by atoms with Crippen LogP contribution in [-0.4, -0.2) is 5.11 Å². The molecule has 0 aliphatic heterocycles. The minimum atomic E-state index is -1.04. The quantitative estimate of drug-likeness (QED) is 0.786. The van der Waals surface area contributed by atoms with Crippen LogP contribution < -0.4 is 0 Å². The standard InChI is InChI=1S/C12H7F3O/c13-8-2-4-12(16)9(6-8)7-1-3-10(14)11(15)5-7/h1-6,16H. The highest BCUT2D eigenvalue weighted by Crippen LogP contribution is 2.30. The maximum absolute atomic E-state index is 12.9. The third-order valence-electron chi connectivity index (χ3n) is 2.19. The summed E-state index contributed by atoms with van der Waals surface area (Å²) in [5.74, 6) is -2.77. The normalized spacial score (nSPS) is 10.4. The van der Waals surface area contributed by atoms with Gasteiger partial charge in [0.15, 0.2) is 11.6 Å². The van der Waals surface area contributed by atoms with Gasteiger partial charge in [0, 0.05) is 5.56 Å². The lowest BCUT2D eigenvalue weighted by Crippen LogP contribution is -1.86. The van der Waals surface area contributed by atoms with Crippen molar-refractivity contribution >= 4 is 0 Å². The van der Waals surface area contributed by atoms with Crippen LogP contribution in [0.1, 0.15) is 0 Å². The topological polar surface area (TPSA) is 20.2 Å². The van der Waals surface area contributed by atoms with E-state index in [2.05, 4.69) is 0 Å². The van der Waals surface area contributed by atoms with E-state index in [0.717, 1.165) is 30.3 Å². The number of aromatic hydroxyl groups is 1. The van der Waals surface area contributed by atoms with E-state index in [-0.39, 0.29) is 16.9 Å². The molecule has 0 amide bonds. The minimum absolute atomic E-state index is 0.124. The summed E-state index contributed by atoms with van der Waals surface area (Å²) in [6.45, 7) is 0. The molecule has 2 aromatic carbocycles. The molecule has 0 aliphatic carbocycles. The molecule has 2 rings (SSSR count). The number of hydrogen-bond donors (Lipinski definition) is 1. The van der Waals surface area contributed by atoms with Crippen LogP contribution in [0.2, 0.25) is 0 Å². The molecule has 4 heteroatoms. The van der Waals surface area contributed by atoms with E-state index in [9.17, 15) is 18.3 Å². The molecule has 0 atom stereocenters. The molecule has 0 radical (unpaired) electrons. The van der Waals surface area contributed by atoms with Crippen molar-refractivity contribution in [2.45, 2.75) is 0 Å². The minimum Gasteiger partial charge on any atom is -0.507 e. The largest absolute Gasteiger partial charge is 0.507 e. The fourth-order valence-corrected chi connectivity index (χ4v) is 1.40. The molecule has 0 aliphatic rings. The molecule has 1 nitrogen and oxygen atoms in total. The zero-order chi connectivity index (χ0) is 11.7. The van der Waals surface area contributed by atoms with Gasteiger partial charge in [-0.2, -0.15) is 0 Å². The van der Waals surface area contributed by atoms with Crippen LogP contribution in [0.4, 0.5) is 13.2 Å². The smallest absolute Gasteiger partial charge is 0.159 e. The van der Waals surface area contributed by atoms with Crippen molar-refractivity contribution in [1.29, 1.82) is 0 Å². The summed E-state index contributed by atoms with van der Waals surface area (Å²) >= 11 is 0. The van der Waals surface area contributed by atoms with E-state index in [0.29, 0.717) is 0 Å². The first kappa shape index (κ1) is 10.5. The number of benzene rings is 2. The zero-order valence-corrected chi connectivity index (χ0v) is 8.05. The number of phenolic OH excluding ortho intramolecular Hbond substituents is 1.